The van der Waals surface area contributed by atoms with Crippen LogP contribution in [0.25, 0.3) is 10.9 Å². The number of pyridine rings is 1. The van der Waals surface area contributed by atoms with Gasteiger partial charge in [0.1, 0.15) is 17.6 Å². The van der Waals surface area contributed by atoms with Gasteiger partial charge in [0.25, 0.3) is 5.91 Å². The number of nitrogens with zero attached hydrogens (tertiary/aromatic N) is 3. The topological polar surface area (TPSA) is 107 Å². The molecule has 1 aromatic heterocycles. The molecule has 9 nitrogen and oxygen atoms in total. The van der Waals surface area contributed by atoms with E-state index in [1.807, 2.05) is 0 Å². The molecule has 0 radical (unpaired) electrons. The van der Waals surface area contributed by atoms with E-state index in [-0.39, 0.29) is 35.6 Å². The number of rotatable bonds is 6. The summed E-state index contributed by atoms with van der Waals surface area (Å²) in [7, 11) is 1.65. The standard InChI is InChI=1S/C20H23FN4O5/c1-24(16-5-3-9-30-16)19-18(25(27)28)17(14-10-12(21)6-7-15(14)23-19)20(26)22-11-13-4-2-8-29-13/h6-7,10,13,16H,2-5,8-9,11H2,1H3,(H,22,26). The van der Waals surface area contributed by atoms with E-state index >= 15 is 0 Å². The lowest BCUT2D eigenvalue weighted by Crippen LogP contribution is -2.34. The molecule has 0 aliphatic carbocycles. The van der Waals surface area contributed by atoms with Crippen molar-refractivity contribution in [2.45, 2.75) is 38.0 Å². The maximum absolute atomic E-state index is 14.0. The van der Waals surface area contributed by atoms with Gasteiger partial charge in [0, 0.05) is 32.2 Å². The summed E-state index contributed by atoms with van der Waals surface area (Å²) in [4.78, 5) is 30.5. The zero-order valence-electron chi connectivity index (χ0n) is 16.6. The van der Waals surface area contributed by atoms with Crippen molar-refractivity contribution in [3.8, 4) is 0 Å². The van der Waals surface area contributed by atoms with E-state index in [2.05, 4.69) is 10.3 Å². The predicted octanol–water partition coefficient (Wildman–Crippen LogP) is 2.76. The molecule has 1 N–H and O–H groups in total. The van der Waals surface area contributed by atoms with E-state index in [4.69, 9.17) is 9.47 Å². The molecule has 10 heteroatoms. The second-order valence-electron chi connectivity index (χ2n) is 7.50. The van der Waals surface area contributed by atoms with E-state index in [1.54, 1.807) is 11.9 Å². The minimum absolute atomic E-state index is 0.0216. The average molecular weight is 418 g/mol. The number of carbonyl (C=O) groups is 1. The first-order chi connectivity index (χ1) is 14.5. The number of hydrogen-bond donors (Lipinski definition) is 1. The largest absolute Gasteiger partial charge is 0.376 e. The van der Waals surface area contributed by atoms with Gasteiger partial charge in [-0.25, -0.2) is 9.37 Å². The van der Waals surface area contributed by atoms with Crippen LogP contribution in [0.2, 0.25) is 0 Å². The Morgan fingerprint density at radius 2 is 2.10 bits per heavy atom. The molecule has 0 saturated carbocycles. The second kappa shape index (κ2) is 8.49. The number of halogens is 1. The number of hydrogen-bond acceptors (Lipinski definition) is 7. The van der Waals surface area contributed by atoms with Crippen LogP contribution in [0.5, 0.6) is 0 Å². The summed E-state index contributed by atoms with van der Waals surface area (Å²) in [6, 6.07) is 3.73. The van der Waals surface area contributed by atoms with Crippen LogP contribution >= 0.6 is 0 Å². The maximum Gasteiger partial charge on any atom is 0.325 e. The van der Waals surface area contributed by atoms with Crippen molar-refractivity contribution in [3.05, 3.63) is 39.7 Å². The van der Waals surface area contributed by atoms with E-state index in [9.17, 15) is 19.3 Å². The van der Waals surface area contributed by atoms with Crippen LogP contribution in [0.15, 0.2) is 18.2 Å². The van der Waals surface area contributed by atoms with E-state index in [1.165, 1.54) is 12.1 Å². The summed E-state index contributed by atoms with van der Waals surface area (Å²) in [6.07, 6.45) is 2.72. The zero-order valence-corrected chi connectivity index (χ0v) is 16.6. The van der Waals surface area contributed by atoms with Crippen molar-refractivity contribution in [2.75, 3.05) is 31.7 Å². The van der Waals surface area contributed by atoms with E-state index in [0.29, 0.717) is 25.2 Å². The molecular formula is C20H23FN4O5. The lowest BCUT2D eigenvalue weighted by molar-refractivity contribution is -0.384. The minimum Gasteiger partial charge on any atom is -0.376 e. The average Bonchev–Trinajstić information content (AvgIpc) is 3.44. The minimum atomic E-state index is -0.655. The maximum atomic E-state index is 14.0. The Labute approximate surface area is 172 Å². The number of anilines is 1. The van der Waals surface area contributed by atoms with Crippen molar-refractivity contribution in [3.63, 3.8) is 0 Å². The van der Waals surface area contributed by atoms with Crippen LogP contribution in [0.4, 0.5) is 15.9 Å². The molecule has 3 heterocycles. The summed E-state index contributed by atoms with van der Waals surface area (Å²) in [6.45, 7) is 1.41. The molecule has 1 aromatic carbocycles. The number of fused-ring (bicyclic) bond motifs is 1. The van der Waals surface area contributed by atoms with E-state index < -0.39 is 22.3 Å². The smallest absolute Gasteiger partial charge is 0.325 e. The summed E-state index contributed by atoms with van der Waals surface area (Å²) < 4.78 is 25.1. The molecule has 160 valence electrons. The van der Waals surface area contributed by atoms with Crippen LogP contribution in [0, 0.1) is 15.9 Å². The highest BCUT2D eigenvalue weighted by Crippen LogP contribution is 2.37. The number of amides is 1. The Balaban J connectivity index is 1.81. The fourth-order valence-corrected chi connectivity index (χ4v) is 3.96. The third kappa shape index (κ3) is 3.92. The van der Waals surface area contributed by atoms with Crippen LogP contribution in [-0.4, -0.2) is 55.0 Å². The van der Waals surface area contributed by atoms with Gasteiger partial charge in [0.2, 0.25) is 5.82 Å². The van der Waals surface area contributed by atoms with Gasteiger partial charge in [-0.3, -0.25) is 14.9 Å². The van der Waals surface area contributed by atoms with Gasteiger partial charge >= 0.3 is 5.69 Å². The van der Waals surface area contributed by atoms with Gasteiger partial charge in [-0.15, -0.1) is 0 Å². The third-order valence-corrected chi connectivity index (χ3v) is 5.50. The molecule has 2 aromatic rings. The van der Waals surface area contributed by atoms with Crippen molar-refractivity contribution in [1.82, 2.24) is 10.3 Å². The SMILES string of the molecule is CN(c1nc2ccc(F)cc2c(C(=O)NCC2CCCO2)c1[N+](=O)[O-])C1CCCO1. The summed E-state index contributed by atoms with van der Waals surface area (Å²) >= 11 is 0. The zero-order chi connectivity index (χ0) is 21.3. The summed E-state index contributed by atoms with van der Waals surface area (Å²) in [5, 5.41) is 14.9. The number of benzene rings is 1. The van der Waals surface area contributed by atoms with Gasteiger partial charge in [-0.05, 0) is 43.9 Å². The molecule has 0 spiro atoms. The molecule has 4 rings (SSSR count). The Hall–Kier alpha value is -2.85. The molecule has 2 fully saturated rings. The first kappa shape index (κ1) is 20.4. The molecule has 2 atom stereocenters. The lowest BCUT2D eigenvalue weighted by Gasteiger charge is -2.25. The van der Waals surface area contributed by atoms with Crippen LogP contribution in [-0.2, 0) is 9.47 Å². The predicted molar refractivity (Wildman–Crippen MR) is 107 cm³/mol. The van der Waals surface area contributed by atoms with Gasteiger partial charge in [0.15, 0.2) is 0 Å². The first-order valence-corrected chi connectivity index (χ1v) is 9.97. The Bertz CT molecular complexity index is 973. The normalized spacial score (nSPS) is 21.1. The Kier molecular flexibility index (Phi) is 5.78. The van der Waals surface area contributed by atoms with Gasteiger partial charge < -0.3 is 19.7 Å². The number of nitro groups is 1. The molecule has 2 aliphatic heterocycles. The fourth-order valence-electron chi connectivity index (χ4n) is 3.96. The monoisotopic (exact) mass is 418 g/mol. The molecule has 2 unspecified atom stereocenters. The summed E-state index contributed by atoms with van der Waals surface area (Å²) in [5.74, 6) is -1.24. The summed E-state index contributed by atoms with van der Waals surface area (Å²) in [5.41, 5.74) is -0.373. The van der Waals surface area contributed by atoms with Gasteiger partial charge in [0.05, 0.1) is 16.5 Å². The van der Waals surface area contributed by atoms with Crippen LogP contribution < -0.4 is 10.2 Å². The molecule has 30 heavy (non-hydrogen) atoms. The lowest BCUT2D eigenvalue weighted by atomic mass is 10.0. The highest BCUT2D eigenvalue weighted by Gasteiger charge is 2.34. The van der Waals surface area contributed by atoms with Gasteiger partial charge in [-0.2, -0.15) is 0 Å². The van der Waals surface area contributed by atoms with Crippen molar-refractivity contribution < 1.29 is 23.6 Å². The number of carbonyl (C=O) groups excluding carboxylic acids is 1. The van der Waals surface area contributed by atoms with Gasteiger partial charge in [-0.1, -0.05) is 0 Å². The molecular weight excluding hydrogens is 395 g/mol. The Morgan fingerprint density at radius 3 is 2.77 bits per heavy atom. The van der Waals surface area contributed by atoms with Crippen LogP contribution in [0.3, 0.4) is 0 Å². The number of ether oxygens (including phenoxy) is 2. The molecule has 0 bridgehead atoms. The fraction of sp³-hybridized carbons (Fsp3) is 0.500. The second-order valence-corrected chi connectivity index (χ2v) is 7.50. The quantitative estimate of drug-likeness (QED) is 0.568. The van der Waals surface area contributed by atoms with E-state index in [0.717, 1.165) is 25.3 Å². The van der Waals surface area contributed by atoms with Crippen LogP contribution in [0.1, 0.15) is 36.0 Å². The van der Waals surface area contributed by atoms with Crippen molar-refractivity contribution >= 4 is 28.3 Å². The third-order valence-electron chi connectivity index (χ3n) is 5.50. The Morgan fingerprint density at radius 1 is 1.33 bits per heavy atom. The number of aromatic nitrogens is 1. The highest BCUT2D eigenvalue weighted by molar-refractivity contribution is 6.11. The first-order valence-electron chi connectivity index (χ1n) is 9.97. The molecule has 2 aliphatic rings. The molecule has 1 amide bonds. The number of nitrogens with one attached hydrogen (secondary N) is 1. The molecule has 2 saturated heterocycles. The van der Waals surface area contributed by atoms with Crippen molar-refractivity contribution in [1.29, 1.82) is 0 Å². The van der Waals surface area contributed by atoms with Crippen molar-refractivity contribution in [2.24, 2.45) is 0 Å². The highest BCUT2D eigenvalue weighted by atomic mass is 19.1.